The normalized spacial score (nSPS) is 17.8. The summed E-state index contributed by atoms with van der Waals surface area (Å²) in [6.45, 7) is 12.6. The van der Waals surface area contributed by atoms with Crippen LogP contribution in [0.5, 0.6) is 5.75 Å². The molecule has 0 radical (unpaired) electrons. The summed E-state index contributed by atoms with van der Waals surface area (Å²) < 4.78 is 5.87. The van der Waals surface area contributed by atoms with E-state index in [0.29, 0.717) is 11.6 Å². The van der Waals surface area contributed by atoms with Crippen LogP contribution < -0.4 is 15.4 Å². The molecule has 0 aliphatic carbocycles. The van der Waals surface area contributed by atoms with E-state index in [-0.39, 0.29) is 6.10 Å². The monoisotopic (exact) mass is 381 g/mol. The van der Waals surface area contributed by atoms with Crippen LogP contribution in [0.1, 0.15) is 13.8 Å². The van der Waals surface area contributed by atoms with Gasteiger partial charge in [0.1, 0.15) is 11.9 Å². The van der Waals surface area contributed by atoms with Gasteiger partial charge >= 0.3 is 0 Å². The van der Waals surface area contributed by atoms with Gasteiger partial charge in [-0.2, -0.15) is 0 Å². The third kappa shape index (κ3) is 7.40. The summed E-state index contributed by atoms with van der Waals surface area (Å²) in [5, 5.41) is 7.41. The van der Waals surface area contributed by atoms with Crippen LogP contribution in [0.2, 0.25) is 5.02 Å². The Bertz CT molecular complexity index is 543. The fourth-order valence-corrected chi connectivity index (χ4v) is 3.04. The van der Waals surface area contributed by atoms with Gasteiger partial charge in [-0.1, -0.05) is 18.5 Å². The number of halogens is 1. The Kier molecular flexibility index (Phi) is 9.01. The number of rotatable bonds is 8. The van der Waals surface area contributed by atoms with Crippen LogP contribution in [0.25, 0.3) is 0 Å². The quantitative estimate of drug-likeness (QED) is 0.532. The number of benzene rings is 1. The van der Waals surface area contributed by atoms with Crippen molar-refractivity contribution in [1.29, 1.82) is 0 Å². The Morgan fingerprint density at radius 2 is 1.81 bits per heavy atom. The third-order valence-electron chi connectivity index (χ3n) is 4.56. The second-order valence-electron chi connectivity index (χ2n) is 6.54. The predicted octanol–water partition coefficient (Wildman–Crippen LogP) is 1.91. The summed E-state index contributed by atoms with van der Waals surface area (Å²) in [6, 6.07) is 7.42. The van der Waals surface area contributed by atoms with Gasteiger partial charge < -0.3 is 20.3 Å². The average molecular weight is 382 g/mol. The van der Waals surface area contributed by atoms with Crippen LogP contribution in [0, 0.1) is 0 Å². The molecule has 7 heteroatoms. The Morgan fingerprint density at radius 1 is 1.15 bits per heavy atom. The molecule has 0 saturated carbocycles. The van der Waals surface area contributed by atoms with Crippen molar-refractivity contribution in [2.45, 2.75) is 20.0 Å². The van der Waals surface area contributed by atoms with Crippen molar-refractivity contribution in [3.8, 4) is 5.75 Å². The molecule has 1 fully saturated rings. The molecule has 1 aromatic carbocycles. The number of hydrogen-bond donors (Lipinski definition) is 2. The van der Waals surface area contributed by atoms with E-state index in [0.717, 1.165) is 44.4 Å². The van der Waals surface area contributed by atoms with E-state index in [1.165, 1.54) is 13.1 Å². The number of hydrogen-bond acceptors (Lipinski definition) is 4. The molecule has 0 spiro atoms. The van der Waals surface area contributed by atoms with Crippen LogP contribution in [-0.2, 0) is 0 Å². The number of nitrogens with zero attached hydrogens (tertiary/aromatic N) is 3. The maximum Gasteiger partial charge on any atom is 0.191 e. The van der Waals surface area contributed by atoms with Gasteiger partial charge in [0.25, 0.3) is 0 Å². The summed E-state index contributed by atoms with van der Waals surface area (Å²) in [6.07, 6.45) is 0.0249. The second-order valence-corrected chi connectivity index (χ2v) is 6.97. The van der Waals surface area contributed by atoms with Gasteiger partial charge in [-0.3, -0.25) is 9.89 Å². The zero-order chi connectivity index (χ0) is 18.8. The smallest absolute Gasteiger partial charge is 0.191 e. The molecular formula is C19H32ClN5O. The van der Waals surface area contributed by atoms with Crippen molar-refractivity contribution < 1.29 is 4.74 Å². The van der Waals surface area contributed by atoms with Gasteiger partial charge in [0.15, 0.2) is 5.96 Å². The van der Waals surface area contributed by atoms with Crippen molar-refractivity contribution in [3.05, 3.63) is 29.3 Å². The van der Waals surface area contributed by atoms with E-state index in [1.807, 2.05) is 31.2 Å². The minimum Gasteiger partial charge on any atom is -0.489 e. The molecule has 26 heavy (non-hydrogen) atoms. The van der Waals surface area contributed by atoms with Gasteiger partial charge in [-0.05, 0) is 37.7 Å². The number of guanidine groups is 1. The second kappa shape index (κ2) is 11.3. The summed E-state index contributed by atoms with van der Waals surface area (Å²) in [7, 11) is 1.79. The SMILES string of the molecule is CCN1CCN(CCNC(=NC)NCC(C)Oc2ccc(Cl)cc2)CC1. The Labute approximate surface area is 162 Å². The van der Waals surface area contributed by atoms with Crippen molar-refractivity contribution in [3.63, 3.8) is 0 Å². The van der Waals surface area contributed by atoms with Crippen molar-refractivity contribution in [2.24, 2.45) is 4.99 Å². The van der Waals surface area contributed by atoms with Crippen molar-refractivity contribution in [2.75, 3.05) is 59.4 Å². The van der Waals surface area contributed by atoms with Crippen LogP contribution in [0.3, 0.4) is 0 Å². The molecule has 1 aromatic rings. The first-order chi connectivity index (χ1) is 12.6. The molecule has 1 aliphatic heterocycles. The highest BCUT2D eigenvalue weighted by atomic mass is 35.5. The molecule has 1 saturated heterocycles. The van der Waals surface area contributed by atoms with Crippen molar-refractivity contribution in [1.82, 2.24) is 20.4 Å². The Morgan fingerprint density at radius 3 is 2.42 bits per heavy atom. The van der Waals surface area contributed by atoms with Crippen LogP contribution in [0.4, 0.5) is 0 Å². The number of piperazine rings is 1. The molecular weight excluding hydrogens is 350 g/mol. The minimum atomic E-state index is 0.0249. The average Bonchev–Trinajstić information content (AvgIpc) is 2.67. The van der Waals surface area contributed by atoms with Crippen LogP contribution in [-0.4, -0.2) is 81.3 Å². The van der Waals surface area contributed by atoms with E-state index in [1.54, 1.807) is 7.05 Å². The topological polar surface area (TPSA) is 52.1 Å². The maximum absolute atomic E-state index is 5.89. The molecule has 1 aliphatic rings. The van der Waals surface area contributed by atoms with Crippen LogP contribution in [0.15, 0.2) is 29.3 Å². The fourth-order valence-electron chi connectivity index (χ4n) is 2.91. The summed E-state index contributed by atoms with van der Waals surface area (Å²) >= 11 is 5.89. The molecule has 1 heterocycles. The first kappa shape index (κ1) is 20.8. The lowest BCUT2D eigenvalue weighted by molar-refractivity contribution is 0.139. The molecule has 2 N–H and O–H groups in total. The largest absolute Gasteiger partial charge is 0.489 e. The molecule has 0 bridgehead atoms. The number of likely N-dealkylation sites (N-methyl/N-ethyl adjacent to an activating group) is 1. The number of ether oxygens (including phenoxy) is 1. The first-order valence-corrected chi connectivity index (χ1v) is 9.80. The van der Waals surface area contributed by atoms with E-state index < -0.39 is 0 Å². The predicted molar refractivity (Wildman–Crippen MR) is 109 cm³/mol. The molecule has 2 rings (SSSR count). The molecule has 0 aromatic heterocycles. The van der Waals surface area contributed by atoms with Gasteiger partial charge in [0, 0.05) is 51.3 Å². The first-order valence-electron chi connectivity index (χ1n) is 9.42. The standard InChI is InChI=1S/C19H32ClN5O/c1-4-24-11-13-25(14-12-24)10-9-22-19(21-3)23-15-16(2)26-18-7-5-17(20)6-8-18/h5-8,16H,4,9-15H2,1-3H3,(H2,21,22,23). The zero-order valence-corrected chi connectivity index (χ0v) is 16.9. The lowest BCUT2D eigenvalue weighted by Gasteiger charge is -2.34. The number of aliphatic imine (C=N–C) groups is 1. The maximum atomic E-state index is 5.89. The molecule has 1 atom stereocenters. The van der Waals surface area contributed by atoms with Crippen molar-refractivity contribution >= 4 is 17.6 Å². The van der Waals surface area contributed by atoms with Gasteiger partial charge in [0.05, 0.1) is 6.54 Å². The van der Waals surface area contributed by atoms with E-state index in [9.17, 15) is 0 Å². The highest BCUT2D eigenvalue weighted by molar-refractivity contribution is 6.30. The molecule has 146 valence electrons. The molecule has 1 unspecified atom stereocenters. The molecule has 0 amide bonds. The van der Waals surface area contributed by atoms with Gasteiger partial charge in [-0.15, -0.1) is 0 Å². The van der Waals surface area contributed by atoms with Crippen LogP contribution >= 0.6 is 11.6 Å². The molecule has 6 nitrogen and oxygen atoms in total. The Balaban J connectivity index is 1.62. The lowest BCUT2D eigenvalue weighted by atomic mass is 10.3. The minimum absolute atomic E-state index is 0.0249. The summed E-state index contributed by atoms with van der Waals surface area (Å²) in [5.74, 6) is 1.63. The number of nitrogens with one attached hydrogen (secondary N) is 2. The lowest BCUT2D eigenvalue weighted by Crippen LogP contribution is -2.49. The fraction of sp³-hybridized carbons (Fsp3) is 0.632. The third-order valence-corrected chi connectivity index (χ3v) is 4.82. The van der Waals surface area contributed by atoms with E-state index >= 15 is 0 Å². The van der Waals surface area contributed by atoms with E-state index in [4.69, 9.17) is 16.3 Å². The summed E-state index contributed by atoms with van der Waals surface area (Å²) in [4.78, 5) is 9.27. The zero-order valence-electron chi connectivity index (χ0n) is 16.2. The Hall–Kier alpha value is -1.50. The summed E-state index contributed by atoms with van der Waals surface area (Å²) in [5.41, 5.74) is 0. The van der Waals surface area contributed by atoms with Gasteiger partial charge in [0.2, 0.25) is 0 Å². The van der Waals surface area contributed by atoms with E-state index in [2.05, 4.69) is 32.3 Å². The van der Waals surface area contributed by atoms with Gasteiger partial charge in [-0.25, -0.2) is 0 Å². The highest BCUT2D eigenvalue weighted by Crippen LogP contribution is 2.16. The highest BCUT2D eigenvalue weighted by Gasteiger charge is 2.14.